The highest BCUT2D eigenvalue weighted by molar-refractivity contribution is 6.15. The van der Waals surface area contributed by atoms with Crippen LogP contribution in [0.25, 0.3) is 126 Å². The third-order valence-corrected chi connectivity index (χ3v) is 16.6. The molecule has 1 aliphatic rings. The molecule has 0 aliphatic carbocycles. The molecule has 0 spiro atoms. The zero-order chi connectivity index (χ0) is 51.0. The molecule has 0 saturated carbocycles. The van der Waals surface area contributed by atoms with Gasteiger partial charge in [0.05, 0.1) is 49.8 Å². The number of rotatable bonds is 6. The molecule has 6 heteroatoms. The second kappa shape index (κ2) is 16.5. The van der Waals surface area contributed by atoms with Gasteiger partial charge in [-0.15, -0.1) is 0 Å². The molecule has 4 aromatic heterocycles. The number of benzene rings is 12. The molecule has 1 N–H and O–H groups in total. The Labute approximate surface area is 448 Å². The summed E-state index contributed by atoms with van der Waals surface area (Å²) in [6.45, 7) is 0. The van der Waals surface area contributed by atoms with Crippen LogP contribution in [-0.4, -0.2) is 24.1 Å². The second-order valence-corrected chi connectivity index (χ2v) is 20.7. The number of para-hydroxylation sites is 6. The summed E-state index contributed by atoms with van der Waals surface area (Å²) in [6.07, 6.45) is -0.251. The van der Waals surface area contributed by atoms with Crippen molar-refractivity contribution >= 4 is 110 Å². The standard InChI is InChI=1S/C72H46N6/c1-2-19-52-46(16-1)36-39-59-70(52)73-71(74-72(59)78-67-31-14-8-25-58(67)61-44-51(38-41-69(61)78)77-64-28-11-5-22-55(64)56-23-6-12-29-65(56)77)47-34-32-45(33-35-47)48-17-15-18-49(42-48)75-66-30-13-7-24-57(66)60-43-50(37-40-68(60)75)76-62-26-9-3-20-53(62)54-21-4-10-27-63(54)76/h1-44,72H,(H,73,74). The quantitative estimate of drug-likeness (QED) is 0.177. The van der Waals surface area contributed by atoms with Crippen LogP contribution in [0.5, 0.6) is 0 Å². The Morgan fingerprint density at radius 1 is 0.282 bits per heavy atom. The minimum absolute atomic E-state index is 0.251. The van der Waals surface area contributed by atoms with E-state index in [0.717, 1.165) is 67.3 Å². The first kappa shape index (κ1) is 42.9. The number of nitrogens with zero attached hydrogens (tertiary/aromatic N) is 5. The van der Waals surface area contributed by atoms with Gasteiger partial charge in [0.2, 0.25) is 0 Å². The molecule has 17 rings (SSSR count). The van der Waals surface area contributed by atoms with E-state index in [-0.39, 0.29) is 6.17 Å². The largest absolute Gasteiger partial charge is 0.345 e. The normalized spacial score (nSPS) is 13.7. The van der Waals surface area contributed by atoms with Crippen LogP contribution in [0, 0.1) is 0 Å². The first-order valence-electron chi connectivity index (χ1n) is 26.8. The number of hydrogen-bond donors (Lipinski definition) is 1. The lowest BCUT2D eigenvalue weighted by molar-refractivity contribution is 0.579. The highest BCUT2D eigenvalue weighted by Crippen LogP contribution is 2.44. The summed E-state index contributed by atoms with van der Waals surface area (Å²) in [5, 5.41) is 16.2. The Morgan fingerprint density at radius 2 is 0.692 bits per heavy atom. The molecule has 0 saturated heterocycles. The number of fused-ring (bicyclic) bond motifs is 15. The summed E-state index contributed by atoms with van der Waals surface area (Å²) >= 11 is 0. The highest BCUT2D eigenvalue weighted by Gasteiger charge is 2.29. The van der Waals surface area contributed by atoms with Crippen LogP contribution in [0.3, 0.4) is 0 Å². The molecule has 1 unspecified atom stereocenters. The Hall–Kier alpha value is -10.4. The van der Waals surface area contributed by atoms with Crippen LogP contribution in [0.4, 0.5) is 5.69 Å². The molecular weight excluding hydrogens is 949 g/mol. The molecule has 1 atom stereocenters. The SMILES string of the molecule is c1cc(-c2ccc(C3=Nc4c(ccc5ccccc45)C(n4c5ccccc5c5cc(-n6c7ccccc7c7ccccc76)ccc54)N3)cc2)cc(-n2c3ccccc3c3cc(-n4c5ccccc5c5ccccc54)ccc32)c1. The number of amidine groups is 1. The average Bonchev–Trinajstić information content (AvgIpc) is 4.37. The molecule has 0 amide bonds. The summed E-state index contributed by atoms with van der Waals surface area (Å²) in [5.41, 5.74) is 18.3. The van der Waals surface area contributed by atoms with Gasteiger partial charge in [-0.2, -0.15) is 0 Å². The molecule has 0 fully saturated rings. The summed E-state index contributed by atoms with van der Waals surface area (Å²) in [7, 11) is 0. The van der Waals surface area contributed by atoms with E-state index in [9.17, 15) is 0 Å². The third kappa shape index (κ3) is 6.22. The fourth-order valence-corrected chi connectivity index (χ4v) is 13.2. The first-order valence-corrected chi connectivity index (χ1v) is 26.8. The van der Waals surface area contributed by atoms with E-state index in [4.69, 9.17) is 4.99 Å². The van der Waals surface area contributed by atoms with Gasteiger partial charge in [0.25, 0.3) is 0 Å². The van der Waals surface area contributed by atoms with Crippen molar-refractivity contribution in [3.63, 3.8) is 0 Å². The van der Waals surface area contributed by atoms with Crippen molar-refractivity contribution < 1.29 is 0 Å². The van der Waals surface area contributed by atoms with Crippen LogP contribution in [0.2, 0.25) is 0 Å². The van der Waals surface area contributed by atoms with Crippen LogP contribution < -0.4 is 5.32 Å². The first-order chi connectivity index (χ1) is 38.7. The van der Waals surface area contributed by atoms with Crippen LogP contribution in [0.1, 0.15) is 17.3 Å². The lowest BCUT2D eigenvalue weighted by Crippen LogP contribution is -2.36. The maximum atomic E-state index is 5.51. The molecule has 364 valence electrons. The molecule has 1 aliphatic heterocycles. The smallest absolute Gasteiger partial charge is 0.135 e. The number of nitrogens with one attached hydrogen (secondary N) is 1. The highest BCUT2D eigenvalue weighted by atomic mass is 15.2. The minimum atomic E-state index is -0.251. The van der Waals surface area contributed by atoms with Gasteiger partial charge in [-0.1, -0.05) is 182 Å². The van der Waals surface area contributed by atoms with Gasteiger partial charge in [0, 0.05) is 76.7 Å². The van der Waals surface area contributed by atoms with Crippen molar-refractivity contribution in [1.82, 2.24) is 23.6 Å². The van der Waals surface area contributed by atoms with Gasteiger partial charge < -0.3 is 23.6 Å². The Kier molecular flexibility index (Phi) is 9.09. The number of aliphatic imine (C=N–C) groups is 1. The zero-order valence-corrected chi connectivity index (χ0v) is 42.2. The third-order valence-electron chi connectivity index (χ3n) is 16.6. The number of hydrogen-bond acceptors (Lipinski definition) is 2. The monoisotopic (exact) mass is 994 g/mol. The van der Waals surface area contributed by atoms with Crippen LogP contribution in [-0.2, 0) is 0 Å². The fourth-order valence-electron chi connectivity index (χ4n) is 13.2. The van der Waals surface area contributed by atoms with Crippen molar-refractivity contribution in [1.29, 1.82) is 0 Å². The molecule has 5 heterocycles. The van der Waals surface area contributed by atoms with E-state index in [0.29, 0.717) is 0 Å². The van der Waals surface area contributed by atoms with E-state index >= 15 is 0 Å². The van der Waals surface area contributed by atoms with E-state index in [1.54, 1.807) is 0 Å². The van der Waals surface area contributed by atoms with Gasteiger partial charge >= 0.3 is 0 Å². The van der Waals surface area contributed by atoms with E-state index in [1.165, 1.54) is 81.6 Å². The Morgan fingerprint density at radius 3 is 1.26 bits per heavy atom. The summed E-state index contributed by atoms with van der Waals surface area (Å²) in [6, 6.07) is 97.5. The molecule has 0 bridgehead atoms. The summed E-state index contributed by atoms with van der Waals surface area (Å²) in [5.74, 6) is 0.836. The second-order valence-electron chi connectivity index (χ2n) is 20.7. The van der Waals surface area contributed by atoms with E-state index in [2.05, 4.69) is 291 Å². The Balaban J connectivity index is 0.760. The maximum Gasteiger partial charge on any atom is 0.135 e. The van der Waals surface area contributed by atoms with Gasteiger partial charge in [0.15, 0.2) is 0 Å². The van der Waals surface area contributed by atoms with Gasteiger partial charge in [-0.05, 0) is 101 Å². The average molecular weight is 995 g/mol. The predicted molar refractivity (Wildman–Crippen MR) is 326 cm³/mol. The topological polar surface area (TPSA) is 44.1 Å². The predicted octanol–water partition coefficient (Wildman–Crippen LogP) is 18.1. The summed E-state index contributed by atoms with van der Waals surface area (Å²) in [4.78, 5) is 5.51. The number of aromatic nitrogens is 4. The molecule has 78 heavy (non-hydrogen) atoms. The molecule has 16 aromatic rings. The lowest BCUT2D eigenvalue weighted by atomic mass is 9.98. The van der Waals surface area contributed by atoms with Gasteiger partial charge in [0.1, 0.15) is 12.0 Å². The van der Waals surface area contributed by atoms with Gasteiger partial charge in [-0.25, -0.2) is 4.99 Å². The fraction of sp³-hybridized carbons (Fsp3) is 0.0139. The van der Waals surface area contributed by atoms with Crippen molar-refractivity contribution in [2.75, 3.05) is 0 Å². The van der Waals surface area contributed by atoms with Crippen molar-refractivity contribution in [3.05, 3.63) is 278 Å². The van der Waals surface area contributed by atoms with Crippen LogP contribution in [0.15, 0.2) is 272 Å². The molecule has 6 nitrogen and oxygen atoms in total. The van der Waals surface area contributed by atoms with Crippen LogP contribution >= 0.6 is 0 Å². The van der Waals surface area contributed by atoms with Crippen molar-refractivity contribution in [2.24, 2.45) is 4.99 Å². The molecule has 12 aromatic carbocycles. The van der Waals surface area contributed by atoms with E-state index < -0.39 is 0 Å². The lowest BCUT2D eigenvalue weighted by Gasteiger charge is -2.30. The van der Waals surface area contributed by atoms with Crippen molar-refractivity contribution in [2.45, 2.75) is 6.17 Å². The molecule has 0 radical (unpaired) electrons. The minimum Gasteiger partial charge on any atom is -0.345 e. The maximum absolute atomic E-state index is 5.51. The molecular formula is C72H46N6. The Bertz CT molecular complexity index is 5090. The van der Waals surface area contributed by atoms with Gasteiger partial charge in [-0.3, -0.25) is 0 Å². The summed E-state index contributed by atoms with van der Waals surface area (Å²) < 4.78 is 9.72. The van der Waals surface area contributed by atoms with Crippen molar-refractivity contribution in [3.8, 4) is 28.2 Å². The van der Waals surface area contributed by atoms with E-state index in [1.807, 2.05) is 0 Å². The zero-order valence-electron chi connectivity index (χ0n) is 42.2.